The van der Waals surface area contributed by atoms with Crippen LogP contribution in [0.15, 0.2) is 0 Å². The van der Waals surface area contributed by atoms with Crippen LogP contribution in [0, 0.1) is 10.8 Å². The summed E-state index contributed by atoms with van der Waals surface area (Å²) >= 11 is 3.11. The molecule has 5 unspecified atom stereocenters. The monoisotopic (exact) mass is 619 g/mol. The van der Waals surface area contributed by atoms with E-state index in [1.165, 1.54) is 11.8 Å². The highest BCUT2D eigenvalue weighted by Crippen LogP contribution is 2.40. The number of ketones is 1. The summed E-state index contributed by atoms with van der Waals surface area (Å²) in [7, 11) is 0. The van der Waals surface area contributed by atoms with Crippen molar-refractivity contribution in [1.82, 2.24) is 10.6 Å². The third-order valence-electron chi connectivity index (χ3n) is 7.07. The summed E-state index contributed by atoms with van der Waals surface area (Å²) < 4.78 is 5.81. The lowest BCUT2D eigenvalue weighted by atomic mass is 9.87. The van der Waals surface area contributed by atoms with Gasteiger partial charge >= 0.3 is 11.9 Å². The van der Waals surface area contributed by atoms with Crippen molar-refractivity contribution in [3.63, 3.8) is 0 Å². The highest BCUT2D eigenvalue weighted by Gasteiger charge is 2.37. The zero-order valence-electron chi connectivity index (χ0n) is 26.3. The SMILES string of the molecule is CC(C)(C)NC(CSC1CCC1SCC(NC(=O)C(C)(C)CCOC(C)(N)CCC(=O)C(C)(C)C)C(=O)O)C(=O)O. The molecular formula is C29H53N3O7S2. The summed E-state index contributed by atoms with van der Waals surface area (Å²) in [5.74, 6) is -1.61. The number of rotatable bonds is 18. The molecule has 0 aromatic rings. The maximum Gasteiger partial charge on any atom is 0.327 e. The molecule has 12 heteroatoms. The summed E-state index contributed by atoms with van der Waals surface area (Å²) in [6, 6.07) is -1.71. The molecular weight excluding hydrogens is 566 g/mol. The first-order valence-corrected chi connectivity index (χ1v) is 16.4. The fourth-order valence-corrected chi connectivity index (χ4v) is 7.06. The minimum atomic E-state index is -1.10. The minimum Gasteiger partial charge on any atom is -0.480 e. The molecule has 6 N–H and O–H groups in total. The largest absolute Gasteiger partial charge is 0.480 e. The zero-order chi connectivity index (χ0) is 31.8. The first-order valence-electron chi connectivity index (χ1n) is 14.3. The lowest BCUT2D eigenvalue weighted by Gasteiger charge is -2.37. The van der Waals surface area contributed by atoms with Gasteiger partial charge in [0.1, 0.15) is 23.6 Å². The van der Waals surface area contributed by atoms with Gasteiger partial charge in [0.25, 0.3) is 0 Å². The van der Waals surface area contributed by atoms with Crippen molar-refractivity contribution < 1.29 is 34.1 Å². The van der Waals surface area contributed by atoms with Gasteiger partial charge in [-0.1, -0.05) is 34.6 Å². The Bertz CT molecular complexity index is 913. The Kier molecular flexibility index (Phi) is 14.2. The van der Waals surface area contributed by atoms with Gasteiger partial charge in [-0.25, -0.2) is 4.79 Å². The van der Waals surface area contributed by atoms with Crippen molar-refractivity contribution >= 4 is 47.2 Å². The second-order valence-corrected chi connectivity index (χ2v) is 16.5. The molecule has 0 aliphatic heterocycles. The Balaban J connectivity index is 2.56. The molecule has 10 nitrogen and oxygen atoms in total. The molecule has 0 saturated heterocycles. The predicted octanol–water partition coefficient (Wildman–Crippen LogP) is 3.90. The maximum absolute atomic E-state index is 13.0. The van der Waals surface area contributed by atoms with Crippen LogP contribution in [0.3, 0.4) is 0 Å². The Labute approximate surface area is 254 Å². The van der Waals surface area contributed by atoms with Gasteiger partial charge in [-0.15, -0.1) is 0 Å². The second kappa shape index (κ2) is 15.4. The van der Waals surface area contributed by atoms with Gasteiger partial charge in [-0.3, -0.25) is 19.7 Å². The molecule has 41 heavy (non-hydrogen) atoms. The molecule has 238 valence electrons. The van der Waals surface area contributed by atoms with E-state index in [-0.39, 0.29) is 40.1 Å². The fraction of sp³-hybridized carbons (Fsp3) is 0.862. The van der Waals surface area contributed by atoms with E-state index in [1.807, 2.05) is 41.5 Å². The van der Waals surface area contributed by atoms with Crippen molar-refractivity contribution in [2.45, 2.75) is 128 Å². The average molecular weight is 620 g/mol. The van der Waals surface area contributed by atoms with Gasteiger partial charge in [0.2, 0.25) is 5.91 Å². The average Bonchev–Trinajstić information content (AvgIpc) is 2.78. The van der Waals surface area contributed by atoms with Crippen molar-refractivity contribution in [3.8, 4) is 0 Å². The molecule has 0 aromatic carbocycles. The van der Waals surface area contributed by atoms with E-state index in [1.54, 1.807) is 32.5 Å². The molecule has 1 aliphatic rings. The fourth-order valence-electron chi connectivity index (χ4n) is 3.95. The van der Waals surface area contributed by atoms with Crippen LogP contribution in [0.5, 0.6) is 0 Å². The maximum atomic E-state index is 13.0. The molecule has 1 saturated carbocycles. The Hall–Kier alpha value is -1.34. The van der Waals surface area contributed by atoms with E-state index in [4.69, 9.17) is 10.5 Å². The number of nitrogens with two attached hydrogens (primary N) is 1. The Morgan fingerprint density at radius 3 is 1.76 bits per heavy atom. The van der Waals surface area contributed by atoms with Crippen molar-refractivity contribution in [2.75, 3.05) is 18.1 Å². The van der Waals surface area contributed by atoms with E-state index in [9.17, 15) is 29.4 Å². The van der Waals surface area contributed by atoms with Gasteiger partial charge in [0.15, 0.2) is 0 Å². The van der Waals surface area contributed by atoms with E-state index in [0.29, 0.717) is 25.0 Å². The van der Waals surface area contributed by atoms with Crippen LogP contribution < -0.4 is 16.4 Å². The lowest BCUT2D eigenvalue weighted by molar-refractivity contribution is -0.143. The number of carboxylic acids is 2. The van der Waals surface area contributed by atoms with Crippen LogP contribution in [0.25, 0.3) is 0 Å². The highest BCUT2D eigenvalue weighted by molar-refractivity contribution is 8.04. The molecule has 1 aliphatic carbocycles. The quantitative estimate of drug-likeness (QED) is 0.141. The van der Waals surface area contributed by atoms with Crippen LogP contribution in [0.2, 0.25) is 0 Å². The topological polar surface area (TPSA) is 168 Å². The third kappa shape index (κ3) is 14.1. The van der Waals surface area contributed by atoms with Crippen molar-refractivity contribution in [1.29, 1.82) is 0 Å². The number of thioether (sulfide) groups is 2. The first-order chi connectivity index (χ1) is 18.5. The summed E-state index contributed by atoms with van der Waals surface area (Å²) in [6.45, 7) is 16.7. The molecule has 0 spiro atoms. The standard InChI is InChI=1S/C29H53N3O7S2/c1-26(2,3)22(33)12-13-29(9,30)39-15-14-28(7,8)25(38)31-18(23(34)35)16-40-20-10-11-21(20)41-17-19(24(36)37)32-27(4,5)6/h18-21,32H,10-17,30H2,1-9H3,(H,31,38)(H,34,35)(H,36,37). The summed E-state index contributed by atoms with van der Waals surface area (Å²) in [4.78, 5) is 48.8. The van der Waals surface area contributed by atoms with Gasteiger partial charge in [-0.2, -0.15) is 23.5 Å². The summed E-state index contributed by atoms with van der Waals surface area (Å²) in [6.07, 6.45) is 2.86. The molecule has 0 heterocycles. The molecule has 1 rings (SSSR count). The lowest BCUT2D eigenvalue weighted by Crippen LogP contribution is -2.50. The van der Waals surface area contributed by atoms with E-state index in [0.717, 1.165) is 12.8 Å². The first kappa shape index (κ1) is 37.7. The van der Waals surface area contributed by atoms with Gasteiger partial charge in [-0.05, 0) is 53.4 Å². The number of ether oxygens (including phenoxy) is 1. The molecule has 1 amide bonds. The number of nitrogens with one attached hydrogen (secondary N) is 2. The van der Waals surface area contributed by atoms with E-state index in [2.05, 4.69) is 10.6 Å². The van der Waals surface area contributed by atoms with Crippen LogP contribution in [-0.4, -0.2) is 85.8 Å². The number of carbonyl (C=O) groups excluding carboxylic acids is 2. The number of amides is 1. The molecule has 5 atom stereocenters. The number of Topliss-reactive ketones (excluding diaryl/α,β-unsaturated/α-hetero) is 1. The minimum absolute atomic E-state index is 0.101. The number of carboxylic acid groups (broad SMARTS) is 2. The van der Waals surface area contributed by atoms with Crippen LogP contribution in [0.4, 0.5) is 0 Å². The van der Waals surface area contributed by atoms with Crippen LogP contribution in [-0.2, 0) is 23.9 Å². The smallest absolute Gasteiger partial charge is 0.327 e. The van der Waals surface area contributed by atoms with E-state index >= 15 is 0 Å². The molecule has 1 fully saturated rings. The third-order valence-corrected chi connectivity index (χ3v) is 10.3. The number of hydrogen-bond donors (Lipinski definition) is 5. The molecule has 0 radical (unpaired) electrons. The Morgan fingerprint density at radius 1 is 0.854 bits per heavy atom. The number of carbonyl (C=O) groups is 4. The normalized spacial score (nSPS) is 20.8. The number of aliphatic carboxylic acids is 2. The molecule has 0 bridgehead atoms. The number of hydrogen-bond acceptors (Lipinski definition) is 9. The molecule has 0 aromatic heterocycles. The van der Waals surface area contributed by atoms with E-state index < -0.39 is 40.6 Å². The zero-order valence-corrected chi connectivity index (χ0v) is 27.9. The second-order valence-electron chi connectivity index (χ2n) is 13.9. The van der Waals surface area contributed by atoms with Crippen LogP contribution >= 0.6 is 23.5 Å². The van der Waals surface area contributed by atoms with Crippen molar-refractivity contribution in [3.05, 3.63) is 0 Å². The van der Waals surface area contributed by atoms with Gasteiger partial charge in [0.05, 0.1) is 0 Å². The van der Waals surface area contributed by atoms with Crippen molar-refractivity contribution in [2.24, 2.45) is 16.6 Å². The van der Waals surface area contributed by atoms with Crippen LogP contribution in [0.1, 0.15) is 94.4 Å². The summed E-state index contributed by atoms with van der Waals surface area (Å²) in [5.41, 5.74) is 3.55. The highest BCUT2D eigenvalue weighted by atomic mass is 32.2. The Morgan fingerprint density at radius 2 is 1.34 bits per heavy atom. The summed E-state index contributed by atoms with van der Waals surface area (Å²) in [5, 5.41) is 25.6. The predicted molar refractivity (Wildman–Crippen MR) is 166 cm³/mol. The van der Waals surface area contributed by atoms with Gasteiger partial charge < -0.3 is 26.0 Å². The van der Waals surface area contributed by atoms with Gasteiger partial charge in [0, 0.05) is 51.4 Å².